The second kappa shape index (κ2) is 7.18. The van der Waals surface area contributed by atoms with Crippen molar-refractivity contribution >= 4 is 33.4 Å². The fourth-order valence-corrected chi connectivity index (χ4v) is 3.45. The highest BCUT2D eigenvalue weighted by atomic mass is 32.1. The molecule has 0 radical (unpaired) electrons. The molecule has 0 saturated heterocycles. The first-order valence-corrected chi connectivity index (χ1v) is 9.14. The van der Waals surface area contributed by atoms with Crippen molar-refractivity contribution in [2.75, 3.05) is 5.32 Å². The van der Waals surface area contributed by atoms with Gasteiger partial charge in [-0.25, -0.2) is 4.79 Å². The van der Waals surface area contributed by atoms with Gasteiger partial charge in [-0.15, -0.1) is 10.2 Å². The van der Waals surface area contributed by atoms with Crippen molar-refractivity contribution in [2.24, 2.45) is 0 Å². The molecule has 0 fully saturated rings. The summed E-state index contributed by atoms with van der Waals surface area (Å²) in [7, 11) is 0. The summed E-state index contributed by atoms with van der Waals surface area (Å²) in [6.07, 6.45) is 0.850. The number of aromatic nitrogens is 4. The Morgan fingerprint density at radius 3 is 2.48 bits per heavy atom. The molecule has 7 nitrogen and oxygen atoms in total. The largest absolute Gasteiger partial charge is 0.329 e. The third-order valence-corrected chi connectivity index (χ3v) is 4.99. The van der Waals surface area contributed by atoms with Crippen LogP contribution in [0, 0.1) is 0 Å². The minimum absolute atomic E-state index is 0.0490. The normalized spacial score (nSPS) is 11.4. The molecule has 8 heteroatoms. The molecule has 2 heterocycles. The maximum absolute atomic E-state index is 12.7. The summed E-state index contributed by atoms with van der Waals surface area (Å²) in [5, 5.41) is 12.1. The zero-order chi connectivity index (χ0) is 18.0. The van der Waals surface area contributed by atoms with E-state index in [1.54, 1.807) is 4.57 Å². The predicted octanol–water partition coefficient (Wildman–Crippen LogP) is 2.83. The van der Waals surface area contributed by atoms with Gasteiger partial charge in [0.05, 0.1) is 11.0 Å². The number of rotatable bonds is 6. The Kier molecular flexibility index (Phi) is 4.98. The minimum atomic E-state index is -0.284. The molecule has 0 aliphatic rings. The molecule has 1 N–H and O–H groups in total. The van der Waals surface area contributed by atoms with Gasteiger partial charge >= 0.3 is 5.69 Å². The van der Waals surface area contributed by atoms with Gasteiger partial charge in [-0.3, -0.25) is 19.2 Å². The van der Waals surface area contributed by atoms with Crippen LogP contribution in [0.25, 0.3) is 11.0 Å². The van der Waals surface area contributed by atoms with E-state index in [4.69, 9.17) is 0 Å². The Morgan fingerprint density at radius 1 is 1.20 bits per heavy atom. The molecule has 0 aliphatic heterocycles. The molecule has 0 saturated carbocycles. The molecular weight excluding hydrogens is 338 g/mol. The van der Waals surface area contributed by atoms with E-state index in [1.807, 2.05) is 45.0 Å². The van der Waals surface area contributed by atoms with E-state index >= 15 is 0 Å². The number of amides is 1. The van der Waals surface area contributed by atoms with Crippen molar-refractivity contribution in [2.45, 2.75) is 46.2 Å². The Labute approximate surface area is 149 Å². The lowest BCUT2D eigenvalue weighted by Gasteiger charge is -2.03. The van der Waals surface area contributed by atoms with Gasteiger partial charge in [0.25, 0.3) is 0 Å². The van der Waals surface area contributed by atoms with Crippen LogP contribution >= 0.6 is 11.3 Å². The summed E-state index contributed by atoms with van der Waals surface area (Å²) >= 11 is 1.35. The first-order chi connectivity index (χ1) is 12.0. The number of carbonyl (C=O) groups excluding carboxylic acids is 1. The molecule has 132 valence electrons. The molecule has 2 aromatic heterocycles. The van der Waals surface area contributed by atoms with E-state index in [1.165, 1.54) is 15.9 Å². The Balaban J connectivity index is 1.85. The number of hydrogen-bond acceptors (Lipinski definition) is 5. The van der Waals surface area contributed by atoms with E-state index in [-0.39, 0.29) is 24.1 Å². The van der Waals surface area contributed by atoms with E-state index in [9.17, 15) is 9.59 Å². The van der Waals surface area contributed by atoms with Crippen LogP contribution in [-0.4, -0.2) is 25.2 Å². The lowest BCUT2D eigenvalue weighted by Crippen LogP contribution is -2.29. The highest BCUT2D eigenvalue weighted by Crippen LogP contribution is 2.22. The Bertz CT molecular complexity index is 954. The molecule has 1 amide bonds. The number of hydrogen-bond donors (Lipinski definition) is 1. The van der Waals surface area contributed by atoms with Gasteiger partial charge in [-0.05, 0) is 18.6 Å². The molecule has 0 atom stereocenters. The van der Waals surface area contributed by atoms with Crippen LogP contribution in [0.1, 0.15) is 38.1 Å². The molecule has 25 heavy (non-hydrogen) atoms. The quantitative estimate of drug-likeness (QED) is 0.734. The van der Waals surface area contributed by atoms with Crippen molar-refractivity contribution in [1.82, 2.24) is 19.3 Å². The maximum atomic E-state index is 12.7. The second-order valence-electron chi connectivity index (χ2n) is 6.16. The van der Waals surface area contributed by atoms with Crippen LogP contribution in [0.3, 0.4) is 0 Å². The van der Waals surface area contributed by atoms with Gasteiger partial charge in [0.2, 0.25) is 11.0 Å². The number of anilines is 1. The molecule has 1 aromatic carbocycles. The molecule has 3 aromatic rings. The standard InChI is InChI=1S/C17H21N5O2S/c1-4-9-21-12-7-5-6-8-13(12)22(17(21)24)10-14(23)18-16-20-19-15(25-16)11(2)3/h5-8,11H,4,9-10H2,1-3H3,(H,18,20,23). The minimum Gasteiger partial charge on any atom is -0.299 e. The summed E-state index contributed by atoms with van der Waals surface area (Å²) in [5.41, 5.74) is 1.44. The summed E-state index contributed by atoms with van der Waals surface area (Å²) < 4.78 is 3.22. The van der Waals surface area contributed by atoms with Crippen molar-refractivity contribution in [1.29, 1.82) is 0 Å². The van der Waals surface area contributed by atoms with Crippen LogP contribution in [0.5, 0.6) is 0 Å². The fourth-order valence-electron chi connectivity index (χ4n) is 2.69. The summed E-state index contributed by atoms with van der Waals surface area (Å²) in [4.78, 5) is 25.1. The average Bonchev–Trinajstić information content (AvgIpc) is 3.14. The number of fused-ring (bicyclic) bond motifs is 1. The van der Waals surface area contributed by atoms with Crippen molar-refractivity contribution in [3.63, 3.8) is 0 Å². The van der Waals surface area contributed by atoms with E-state index in [0.717, 1.165) is 22.5 Å². The fraction of sp³-hybridized carbons (Fsp3) is 0.412. The summed E-state index contributed by atoms with van der Waals surface area (Å²) in [6, 6.07) is 7.53. The number of benzene rings is 1. The Hall–Kier alpha value is -2.48. The third-order valence-electron chi connectivity index (χ3n) is 3.85. The SMILES string of the molecule is CCCn1c(=O)n(CC(=O)Nc2nnc(C(C)C)s2)c2ccccc21. The first-order valence-electron chi connectivity index (χ1n) is 8.32. The van der Waals surface area contributed by atoms with E-state index in [0.29, 0.717) is 11.7 Å². The van der Waals surface area contributed by atoms with Crippen molar-refractivity contribution in [3.05, 3.63) is 39.8 Å². The molecule has 3 rings (SSSR count). The van der Waals surface area contributed by atoms with Crippen LogP contribution in [0.4, 0.5) is 5.13 Å². The number of imidazole rings is 1. The van der Waals surface area contributed by atoms with Gasteiger partial charge < -0.3 is 0 Å². The highest BCUT2D eigenvalue weighted by Gasteiger charge is 2.16. The number of carbonyl (C=O) groups is 1. The van der Waals surface area contributed by atoms with Crippen LogP contribution in [-0.2, 0) is 17.9 Å². The maximum Gasteiger partial charge on any atom is 0.329 e. The van der Waals surface area contributed by atoms with Gasteiger partial charge in [0, 0.05) is 12.5 Å². The summed E-state index contributed by atoms with van der Waals surface area (Å²) in [5.74, 6) is -0.0225. The molecule has 0 bridgehead atoms. The monoisotopic (exact) mass is 359 g/mol. The molecule has 0 spiro atoms. The van der Waals surface area contributed by atoms with Gasteiger partial charge in [0.15, 0.2) is 0 Å². The lowest BCUT2D eigenvalue weighted by atomic mass is 10.2. The zero-order valence-corrected chi connectivity index (χ0v) is 15.3. The topological polar surface area (TPSA) is 81.8 Å². The van der Waals surface area contributed by atoms with Gasteiger partial charge in [-0.1, -0.05) is 44.2 Å². The Morgan fingerprint density at radius 2 is 1.88 bits per heavy atom. The number of nitrogens with one attached hydrogen (secondary N) is 1. The first kappa shape index (κ1) is 17.3. The number of para-hydroxylation sites is 2. The molecule has 0 unspecified atom stereocenters. The molecule has 0 aliphatic carbocycles. The van der Waals surface area contributed by atoms with Gasteiger partial charge in [0.1, 0.15) is 11.6 Å². The van der Waals surface area contributed by atoms with Crippen LogP contribution in [0.2, 0.25) is 0 Å². The van der Waals surface area contributed by atoms with E-state index in [2.05, 4.69) is 15.5 Å². The van der Waals surface area contributed by atoms with Crippen LogP contribution < -0.4 is 11.0 Å². The number of nitrogens with zero attached hydrogens (tertiary/aromatic N) is 4. The third kappa shape index (κ3) is 3.48. The predicted molar refractivity (Wildman–Crippen MR) is 99.1 cm³/mol. The summed E-state index contributed by atoms with van der Waals surface area (Å²) in [6.45, 7) is 6.64. The lowest BCUT2D eigenvalue weighted by molar-refractivity contribution is -0.116. The van der Waals surface area contributed by atoms with E-state index < -0.39 is 0 Å². The van der Waals surface area contributed by atoms with Crippen molar-refractivity contribution in [3.8, 4) is 0 Å². The smallest absolute Gasteiger partial charge is 0.299 e. The van der Waals surface area contributed by atoms with Crippen LogP contribution in [0.15, 0.2) is 29.1 Å². The highest BCUT2D eigenvalue weighted by molar-refractivity contribution is 7.15. The van der Waals surface area contributed by atoms with Gasteiger partial charge in [-0.2, -0.15) is 0 Å². The number of aryl methyl sites for hydroxylation is 1. The second-order valence-corrected chi connectivity index (χ2v) is 7.17. The molecular formula is C17H21N5O2S. The average molecular weight is 359 g/mol. The van der Waals surface area contributed by atoms with Crippen molar-refractivity contribution < 1.29 is 4.79 Å². The zero-order valence-electron chi connectivity index (χ0n) is 14.5.